The zero-order valence-electron chi connectivity index (χ0n) is 25.7. The molecule has 5 nitrogen and oxygen atoms in total. The number of carbonyl (C=O) groups is 1. The van der Waals surface area contributed by atoms with E-state index in [9.17, 15) is 4.79 Å². The lowest BCUT2D eigenvalue weighted by Crippen LogP contribution is -2.28. The normalized spacial score (nSPS) is 34.7. The molecule has 112 valence electrons. The fourth-order valence-corrected chi connectivity index (χ4v) is 1.78. The summed E-state index contributed by atoms with van der Waals surface area (Å²) in [5.41, 5.74) is -2.01. The molecular formula is C16H21N3O2. The Labute approximate surface area is 145 Å². The molecule has 0 aliphatic carbocycles. The van der Waals surface area contributed by atoms with Crippen LogP contribution in [0.3, 0.4) is 0 Å². The van der Waals surface area contributed by atoms with Crippen LogP contribution < -0.4 is 5.32 Å². The second-order valence-electron chi connectivity index (χ2n) is 4.19. The van der Waals surface area contributed by atoms with Crippen molar-refractivity contribution in [2.75, 3.05) is 27.1 Å². The highest BCUT2D eigenvalue weighted by atomic mass is 16.6. The highest BCUT2D eigenvalue weighted by Gasteiger charge is 2.22. The number of hydrogen-bond donors (Lipinski definition) is 2. The van der Waals surface area contributed by atoms with Crippen LogP contribution in [0.25, 0.3) is 10.9 Å². The zero-order valence-corrected chi connectivity index (χ0v) is 10.7. The number of nitrogens with zero attached hydrogens (tertiary/aromatic N) is 1. The van der Waals surface area contributed by atoms with Gasteiger partial charge in [0.15, 0.2) is 0 Å². The van der Waals surface area contributed by atoms with Crippen LogP contribution in [0.5, 0.6) is 0 Å². The van der Waals surface area contributed by atoms with Crippen LogP contribution in [0.1, 0.15) is 31.7 Å². The van der Waals surface area contributed by atoms with Gasteiger partial charge in [0.05, 0.1) is 12.9 Å². The van der Waals surface area contributed by atoms with Gasteiger partial charge in [-0.15, -0.1) is 0 Å². The molecule has 1 aromatic carbocycles. The molecule has 1 amide bonds. The van der Waals surface area contributed by atoms with E-state index < -0.39 is 98.3 Å². The van der Waals surface area contributed by atoms with Crippen LogP contribution in [0, 0.1) is 0 Å². The van der Waals surface area contributed by atoms with Gasteiger partial charge in [0.1, 0.15) is 6.61 Å². The number of nitrogens with one attached hydrogen (secondary N) is 2. The molecule has 21 heavy (non-hydrogen) atoms. The SMILES string of the molecule is [2H]c1[nH]c2c([2H])c([2H])c(C([2H])([2H])[C@@]3([2H])COC(=O)N3)c([2H])c2c1C([2H])([2H])CN(C([2H])([2H])[2H])C([2H])([2H])[2H]. The first-order valence-corrected chi connectivity index (χ1v) is 5.92. The Morgan fingerprint density at radius 2 is 2.52 bits per heavy atom. The number of ether oxygens (including phenoxy) is 1. The molecule has 3 rings (SSSR count). The lowest BCUT2D eigenvalue weighted by Gasteiger charge is -2.09. The predicted molar refractivity (Wildman–Crippen MR) is 82.5 cm³/mol. The van der Waals surface area contributed by atoms with Crippen LogP contribution in [0.15, 0.2) is 24.3 Å². The smallest absolute Gasteiger partial charge is 0.407 e. The van der Waals surface area contributed by atoms with Crippen molar-refractivity contribution in [1.82, 2.24) is 15.2 Å². The quantitative estimate of drug-likeness (QED) is 0.887. The zero-order chi connectivity index (χ0) is 27.8. The lowest BCUT2D eigenvalue weighted by atomic mass is 10.0. The number of likely N-dealkylation sites (N-methyl/N-ethyl adjacent to an activating group) is 1. The summed E-state index contributed by atoms with van der Waals surface area (Å²) in [6.45, 7) is -8.64. The summed E-state index contributed by atoms with van der Waals surface area (Å²) < 4.78 is 125. The molecule has 2 aromatic rings. The lowest BCUT2D eigenvalue weighted by molar-refractivity contribution is 0.177. The van der Waals surface area contributed by atoms with Crippen LogP contribution in [0.4, 0.5) is 4.79 Å². The van der Waals surface area contributed by atoms with Gasteiger partial charge in [0.25, 0.3) is 0 Å². The minimum absolute atomic E-state index is 0.0767. The van der Waals surface area contributed by atoms with Gasteiger partial charge in [-0.2, -0.15) is 0 Å². The molecule has 2 heterocycles. The molecule has 0 radical (unpaired) electrons. The number of hydrogen-bond acceptors (Lipinski definition) is 3. The van der Waals surface area contributed by atoms with E-state index in [1.165, 1.54) is 0 Å². The Balaban J connectivity index is 2.31. The van der Waals surface area contributed by atoms with Crippen molar-refractivity contribution in [3.05, 3.63) is 35.4 Å². The largest absolute Gasteiger partial charge is 0.447 e. The third-order valence-corrected chi connectivity index (χ3v) is 2.67. The average molecular weight is 302 g/mol. The second-order valence-corrected chi connectivity index (χ2v) is 4.19. The Bertz CT molecular complexity index is 1200. The van der Waals surface area contributed by atoms with Crippen molar-refractivity contribution in [3.63, 3.8) is 0 Å². The molecular weight excluding hydrogens is 266 g/mol. The van der Waals surface area contributed by atoms with E-state index >= 15 is 0 Å². The van der Waals surface area contributed by atoms with Crippen LogP contribution in [-0.4, -0.2) is 49.1 Å². The number of cyclic esters (lactones) is 1. The summed E-state index contributed by atoms with van der Waals surface area (Å²) in [4.78, 5) is 13.8. The molecule has 1 aromatic heterocycles. The number of amides is 1. The summed E-state index contributed by atoms with van der Waals surface area (Å²) in [7, 11) is 0. The molecule has 1 atom stereocenters. The van der Waals surface area contributed by atoms with Crippen molar-refractivity contribution in [1.29, 1.82) is 0 Å². The Hall–Kier alpha value is -2.01. The first kappa shape index (κ1) is 4.74. The van der Waals surface area contributed by atoms with Crippen molar-refractivity contribution < 1.29 is 30.1 Å². The second kappa shape index (κ2) is 5.77. The van der Waals surface area contributed by atoms with Crippen molar-refractivity contribution in [2.45, 2.75) is 18.8 Å². The summed E-state index contributed by atoms with van der Waals surface area (Å²) in [6.07, 6.45) is -7.83. The molecule has 5 heteroatoms. The van der Waals surface area contributed by atoms with Gasteiger partial charge in [0, 0.05) is 37.3 Å². The molecule has 0 spiro atoms. The first-order valence-electron chi connectivity index (χ1n) is 13.4. The maximum atomic E-state index is 11.5. The number of alkyl carbamates (subject to hydrolysis) is 1. The van der Waals surface area contributed by atoms with Gasteiger partial charge in [-0.05, 0) is 49.9 Å². The standard InChI is InChI=1S/C16H21N3O2/c1-19(2)6-5-12-9-17-15-4-3-11(8-14(12)15)7-13-10-21-16(20)18-13/h3-4,8-9,13,17H,5-7,10H2,1-2H3,(H,18,20)/t13-/m0/s1/i1D3,2D3,3D,4D,5D2,7D2,8D,9D,13D. The van der Waals surface area contributed by atoms with Crippen molar-refractivity contribution >= 4 is 17.0 Å². The monoisotopic (exact) mass is 302 g/mol. The first-order chi connectivity index (χ1) is 16.1. The number of aromatic amines is 1. The number of fused-ring (bicyclic) bond motifs is 1. The van der Waals surface area contributed by atoms with Crippen LogP contribution in [0.2, 0.25) is 0 Å². The molecule has 0 saturated carbocycles. The third kappa shape index (κ3) is 3.19. The number of benzene rings is 1. The molecule has 1 fully saturated rings. The highest BCUT2D eigenvalue weighted by Crippen LogP contribution is 2.21. The van der Waals surface area contributed by atoms with E-state index in [0.717, 1.165) is 0 Å². The summed E-state index contributed by atoms with van der Waals surface area (Å²) >= 11 is 0. The fraction of sp³-hybridized carbons (Fsp3) is 0.438. The number of H-pyrrole nitrogens is 1. The van der Waals surface area contributed by atoms with E-state index in [4.69, 9.17) is 20.6 Å². The minimum atomic E-state index is -3.27. The molecule has 0 unspecified atom stereocenters. The van der Waals surface area contributed by atoms with Crippen molar-refractivity contribution in [3.8, 4) is 0 Å². The van der Waals surface area contributed by atoms with Gasteiger partial charge >= 0.3 is 6.09 Å². The Morgan fingerprint density at radius 1 is 1.62 bits per heavy atom. The summed E-state index contributed by atoms with van der Waals surface area (Å²) in [5, 5.41) is 1.39. The fourth-order valence-electron chi connectivity index (χ4n) is 1.78. The van der Waals surface area contributed by atoms with Crippen LogP contribution in [-0.2, 0) is 17.5 Å². The van der Waals surface area contributed by atoms with E-state index in [0.29, 0.717) is 0 Å². The molecule has 1 aliphatic heterocycles. The van der Waals surface area contributed by atoms with E-state index in [2.05, 4.69) is 9.72 Å². The maximum Gasteiger partial charge on any atom is 0.407 e. The molecule has 1 saturated heterocycles. The number of rotatable bonds is 5. The molecule has 2 N–H and O–H groups in total. The van der Waals surface area contributed by atoms with Gasteiger partial charge in [0.2, 0.25) is 0 Å². The third-order valence-electron chi connectivity index (χ3n) is 2.67. The summed E-state index contributed by atoms with van der Waals surface area (Å²) in [5.74, 6) is 0. The van der Waals surface area contributed by atoms with Gasteiger partial charge < -0.3 is 19.9 Å². The van der Waals surface area contributed by atoms with Gasteiger partial charge in [-0.25, -0.2) is 4.79 Å². The Kier molecular flexibility index (Phi) is 1.30. The van der Waals surface area contributed by atoms with E-state index in [1.54, 1.807) is 0 Å². The van der Waals surface area contributed by atoms with Gasteiger partial charge in [-0.3, -0.25) is 0 Å². The number of aromatic nitrogens is 1. The average Bonchev–Trinajstić information content (AvgIpc) is 3.23. The molecule has 1 aliphatic rings. The Morgan fingerprint density at radius 3 is 3.29 bits per heavy atom. The predicted octanol–water partition coefficient (Wildman–Crippen LogP) is 1.92. The number of carbonyl (C=O) groups excluding carboxylic acids is 1. The van der Waals surface area contributed by atoms with Crippen LogP contribution >= 0.6 is 0 Å². The van der Waals surface area contributed by atoms with Crippen molar-refractivity contribution in [2.24, 2.45) is 0 Å². The van der Waals surface area contributed by atoms with Gasteiger partial charge in [-0.1, -0.05) is 6.04 Å². The molecule has 0 bridgehead atoms. The highest BCUT2D eigenvalue weighted by molar-refractivity contribution is 5.84. The van der Waals surface area contributed by atoms with E-state index in [1.807, 2.05) is 5.32 Å². The van der Waals surface area contributed by atoms with E-state index in [-0.39, 0.29) is 4.90 Å². The minimum Gasteiger partial charge on any atom is -0.447 e. The topological polar surface area (TPSA) is 57.4 Å². The maximum absolute atomic E-state index is 11.5. The summed E-state index contributed by atoms with van der Waals surface area (Å²) in [6, 6.07) is -5.04.